The maximum atomic E-state index is 14.1. The molecule has 4 aromatic carbocycles. The lowest BCUT2D eigenvalue weighted by Crippen LogP contribution is -2.57. The maximum Gasteiger partial charge on any atom is 0.411 e. The van der Waals surface area contributed by atoms with Crippen LogP contribution in [0.25, 0.3) is 0 Å². The number of nitro groups is 2. The van der Waals surface area contributed by atoms with E-state index in [9.17, 15) is 102 Å². The van der Waals surface area contributed by atoms with Crippen molar-refractivity contribution in [2.24, 2.45) is 11.8 Å². The molecule has 4 aromatic rings. The number of likely N-dealkylation sites (tertiary alicyclic amines) is 1. The fourth-order valence-corrected chi connectivity index (χ4v) is 20.5. The molecule has 4 fully saturated rings. The molecular weight excluding hydrogens is 1790 g/mol. The number of nitrogens with zero attached hydrogens (tertiary/aromatic N) is 9. The van der Waals surface area contributed by atoms with Crippen LogP contribution >= 0.6 is 0 Å². The number of carbonyl (C=O) groups excluding carboxylic acids is 8. The lowest BCUT2D eigenvalue weighted by atomic mass is 10.1. The number of amides is 7. The Balaban J connectivity index is 0.000000298. The van der Waals surface area contributed by atoms with Crippen LogP contribution in [0.1, 0.15) is 166 Å². The Morgan fingerprint density at radius 2 is 0.977 bits per heavy atom. The van der Waals surface area contributed by atoms with Crippen LogP contribution in [0.2, 0.25) is 0 Å². The number of benzene rings is 4. The minimum Gasteiger partial charge on any atom is -0.480 e. The Kier molecular flexibility index (Phi) is 35.2. The maximum absolute atomic E-state index is 14.1. The third-order valence-electron chi connectivity index (χ3n) is 23.5. The van der Waals surface area contributed by atoms with Gasteiger partial charge in [0.2, 0.25) is 31.9 Å². The quantitative estimate of drug-likeness (QED) is 0.00560. The largest absolute Gasteiger partial charge is 0.480 e. The normalized spacial score (nSPS) is 20.7. The van der Waals surface area contributed by atoms with Crippen LogP contribution < -0.4 is 44.6 Å². The van der Waals surface area contributed by atoms with Crippen LogP contribution in [-0.2, 0) is 114 Å². The molecule has 0 unspecified atom stereocenters. The van der Waals surface area contributed by atoms with Gasteiger partial charge in [-0.1, -0.05) is 113 Å². The van der Waals surface area contributed by atoms with Gasteiger partial charge in [0, 0.05) is 136 Å². The van der Waals surface area contributed by atoms with Crippen LogP contribution in [0.5, 0.6) is 0 Å². The standard InChI is InChI=1S/C46H66N8O14S2.C39H54N8O12S2/c1-9-33-27-46(33,47-40(55)38-26-35(30-53(38)44(59)68-45(3,4)5)67-43(58)52-28-31-22-23-34(50(6)7)25-32(31)29-52)42(57)49-70(64,65)51(8)24-18-14-12-11-13-15-19-36(41(56)66-10-2)48-69(62,63)39-21-17-16-20-37(39)54(60)61;1-5-28-22-39(28,41-35(48)32-21-30(23-40-32)59-38(52)46-24-26-17-18-29(44(2)3)20-27(26)25-46)37(51)43-61(57,58)45(4)19-13-9-7-6-8-10-14-31(36(49)50)42-60(55,56)34-16-12-11-15-33(34)47(53)54/h9,16-17,20-23,25,33,35-36,38,48H,1,10-15,18-19,24,26-30H2,2-8H3,(H,47,55)(H,49,57);5,11-12,15-18,20,28,30-32,40,42H,1,6-10,13-14,19,21-25H2,2-4H3,(H,41,48)(H,43,51)(H,49,50)/t33-,35-,36+,38+,46-;28-,30-,31+,32+,39-/m11/s1. The molecule has 10 atom stereocenters. The van der Waals surface area contributed by atoms with E-state index in [1.165, 1.54) is 55.4 Å². The number of sulfonamides is 2. The Labute approximate surface area is 763 Å². The van der Waals surface area contributed by atoms with Gasteiger partial charge in [-0.15, -0.1) is 13.2 Å². The third-order valence-corrected chi connectivity index (χ3v) is 29.4. The summed E-state index contributed by atoms with van der Waals surface area (Å²) in [5.41, 5.74) is 0.573. The lowest BCUT2D eigenvalue weighted by molar-refractivity contribution is -0.388. The molecule has 4 aliphatic heterocycles. The van der Waals surface area contributed by atoms with Gasteiger partial charge in [0.25, 0.3) is 23.2 Å². The molecule has 131 heavy (non-hydrogen) atoms. The molecule has 2 saturated heterocycles. The number of nitrogens with one attached hydrogen (secondary N) is 7. The average molecular weight is 1910 g/mol. The molecule has 0 spiro atoms. The number of anilines is 2. The van der Waals surface area contributed by atoms with Gasteiger partial charge in [-0.25, -0.2) is 40.7 Å². The zero-order valence-corrected chi connectivity index (χ0v) is 78.4. The smallest absolute Gasteiger partial charge is 0.411 e. The second-order valence-corrected chi connectivity index (χ2v) is 41.7. The second kappa shape index (κ2) is 44.5. The van der Waals surface area contributed by atoms with E-state index in [1.54, 1.807) is 32.6 Å². The lowest BCUT2D eigenvalue weighted by Gasteiger charge is -2.29. The number of hydrogen-bond acceptors (Lipinski definition) is 28. The number of ether oxygens (including phenoxy) is 4. The number of unbranched alkanes of at least 4 members (excludes halogenated alkanes) is 10. The molecule has 0 bridgehead atoms. The molecule has 2 aliphatic carbocycles. The minimum atomic E-state index is -4.49. The number of para-hydroxylation sites is 2. The van der Waals surface area contributed by atoms with E-state index in [1.807, 2.05) is 79.1 Å². The Hall–Kier alpha value is -11.0. The topological polar surface area (TPSA) is 541 Å². The Morgan fingerprint density at radius 3 is 1.40 bits per heavy atom. The highest BCUT2D eigenvalue weighted by molar-refractivity contribution is 7.90. The van der Waals surface area contributed by atoms with Gasteiger partial charge >= 0.3 is 50.6 Å². The van der Waals surface area contributed by atoms with Crippen molar-refractivity contribution < 1.29 is 111 Å². The summed E-state index contributed by atoms with van der Waals surface area (Å²) in [6.45, 7) is 15.7. The van der Waals surface area contributed by atoms with E-state index < -0.39 is 190 Å². The molecule has 720 valence electrons. The van der Waals surface area contributed by atoms with Gasteiger partial charge in [0.1, 0.15) is 47.0 Å². The summed E-state index contributed by atoms with van der Waals surface area (Å²) in [6.07, 6.45) is 6.29. The van der Waals surface area contributed by atoms with Crippen molar-refractivity contribution in [3.05, 3.63) is 153 Å². The van der Waals surface area contributed by atoms with Crippen LogP contribution in [0.3, 0.4) is 0 Å². The number of hydrogen-bond donors (Lipinski definition) is 8. The molecule has 4 heterocycles. The van der Waals surface area contributed by atoms with Crippen molar-refractivity contribution in [2.75, 3.05) is 84.9 Å². The highest BCUT2D eigenvalue weighted by atomic mass is 32.2. The first kappa shape index (κ1) is 104. The van der Waals surface area contributed by atoms with Crippen molar-refractivity contribution in [1.82, 2.24) is 58.1 Å². The van der Waals surface area contributed by atoms with Gasteiger partial charge in [-0.2, -0.15) is 34.9 Å². The summed E-state index contributed by atoms with van der Waals surface area (Å²) < 4.78 is 138. The molecule has 0 radical (unpaired) electrons. The van der Waals surface area contributed by atoms with Crippen molar-refractivity contribution >= 4 is 117 Å². The molecule has 10 rings (SSSR count). The summed E-state index contributed by atoms with van der Waals surface area (Å²) in [6, 6.07) is 16.6. The molecule has 7 amide bonds. The highest BCUT2D eigenvalue weighted by Crippen LogP contribution is 2.47. The number of esters is 1. The number of aliphatic carboxylic acids is 1. The summed E-state index contributed by atoms with van der Waals surface area (Å²) in [7, 11) is -7.27. The molecule has 8 N–H and O–H groups in total. The van der Waals surface area contributed by atoms with Crippen molar-refractivity contribution in [1.29, 1.82) is 0 Å². The number of fused-ring (bicyclic) bond motifs is 2. The summed E-state index contributed by atoms with van der Waals surface area (Å²) >= 11 is 0. The van der Waals surface area contributed by atoms with Crippen LogP contribution in [-0.4, -0.2) is 254 Å². The predicted octanol–water partition coefficient (Wildman–Crippen LogP) is 6.85. The first-order valence-corrected chi connectivity index (χ1v) is 49.0. The zero-order valence-electron chi connectivity index (χ0n) is 75.2. The van der Waals surface area contributed by atoms with E-state index in [-0.39, 0.29) is 71.3 Å². The molecule has 46 heteroatoms. The van der Waals surface area contributed by atoms with Crippen LogP contribution in [0.4, 0.5) is 37.1 Å². The van der Waals surface area contributed by atoms with Crippen molar-refractivity contribution in [3.8, 4) is 0 Å². The molecule has 2 saturated carbocycles. The molecule has 42 nitrogen and oxygen atoms in total. The minimum absolute atomic E-state index is 0.00373. The summed E-state index contributed by atoms with van der Waals surface area (Å²) in [4.78, 5) is 147. The second-order valence-electron chi connectivity index (χ2n) is 34.7. The molecular formula is C85H120N16O26S4. The van der Waals surface area contributed by atoms with Crippen LogP contribution in [0, 0.1) is 32.1 Å². The average Bonchev–Trinajstić information content (AvgIpc) is 1.55. The monoisotopic (exact) mass is 1910 g/mol. The van der Waals surface area contributed by atoms with Gasteiger partial charge in [-0.3, -0.25) is 63.7 Å². The third kappa shape index (κ3) is 27.4. The van der Waals surface area contributed by atoms with Gasteiger partial charge in [0.05, 0.1) is 29.0 Å². The van der Waals surface area contributed by atoms with E-state index in [4.69, 9.17) is 18.9 Å². The summed E-state index contributed by atoms with van der Waals surface area (Å²) in [5, 5.41) is 40.8. The van der Waals surface area contributed by atoms with Crippen molar-refractivity contribution in [2.45, 2.75) is 232 Å². The van der Waals surface area contributed by atoms with Crippen LogP contribution in [0.15, 0.2) is 120 Å². The first-order valence-electron chi connectivity index (χ1n) is 43.2. The SMILES string of the molecule is C=C[C@@H]1C[C@]1(NC(=O)[C@@H]1C[C@@H](OC(=O)N2Cc3ccc(N(C)C)cc3C2)CN1)C(=O)NS(=O)(=O)N(C)CCCCCCCC[C@H](NS(=O)(=O)c1ccccc1[N+](=O)[O-])C(=O)O.C=C[C@@H]1C[C@]1(NC(=O)[C@@H]1C[C@@H](OC(=O)N2Cc3ccc(N(C)C)cc3C2)CN1C(=O)OC(C)(C)C)C(=O)NS(=O)(=O)N(C)CCCCCCCC[C@H](NS(=O)(=O)c1ccccc1[N+](=O)[O-])C(=O)OCC. The number of nitro benzene ring substituents is 2. The Morgan fingerprint density at radius 1 is 0.565 bits per heavy atom. The fourth-order valence-electron chi connectivity index (χ4n) is 15.8. The molecule has 6 aliphatic rings. The zero-order chi connectivity index (χ0) is 96.5. The highest BCUT2D eigenvalue weighted by Gasteiger charge is 2.63. The fraction of sp³-hybridized carbons (Fsp3) is 0.565. The van der Waals surface area contributed by atoms with E-state index in [0.29, 0.717) is 103 Å². The molecule has 0 aromatic heterocycles. The predicted molar refractivity (Wildman–Crippen MR) is 479 cm³/mol. The van der Waals surface area contributed by atoms with E-state index in [2.05, 4.69) is 43.3 Å². The van der Waals surface area contributed by atoms with E-state index in [0.717, 1.165) is 71.4 Å². The van der Waals surface area contributed by atoms with E-state index >= 15 is 0 Å². The Bertz CT molecular complexity index is 5390. The summed E-state index contributed by atoms with van der Waals surface area (Å²) in [5.74, 6) is -6.56. The number of carboxylic acids is 1. The number of carbonyl (C=O) groups is 9. The van der Waals surface area contributed by atoms with Gasteiger partial charge in [-0.05, 0) is 125 Å². The van der Waals surface area contributed by atoms with Gasteiger partial charge in [0.15, 0.2) is 9.79 Å². The van der Waals surface area contributed by atoms with Crippen molar-refractivity contribution in [3.63, 3.8) is 0 Å². The van der Waals surface area contributed by atoms with Gasteiger partial charge < -0.3 is 49.8 Å². The first-order chi connectivity index (χ1) is 61.6. The number of rotatable bonds is 45. The number of carboxylic acid groups (broad SMARTS) is 1.